The van der Waals surface area contributed by atoms with E-state index in [0.717, 1.165) is 29.2 Å². The van der Waals surface area contributed by atoms with Crippen molar-refractivity contribution in [1.29, 1.82) is 0 Å². The van der Waals surface area contributed by atoms with Crippen LogP contribution in [0.25, 0.3) is 6.08 Å². The van der Waals surface area contributed by atoms with Gasteiger partial charge in [-0.2, -0.15) is 0 Å². The number of ether oxygens (including phenoxy) is 1. The van der Waals surface area contributed by atoms with Gasteiger partial charge >= 0.3 is 0 Å². The number of aliphatic imine (C=N–C) groups is 1. The van der Waals surface area contributed by atoms with E-state index in [4.69, 9.17) is 27.9 Å². The average molecular weight is 687 g/mol. The van der Waals surface area contributed by atoms with Gasteiger partial charge in [0, 0.05) is 28.7 Å². The Kier molecular flexibility index (Phi) is 8.77. The Morgan fingerprint density at radius 1 is 1.17 bits per heavy atom. The summed E-state index contributed by atoms with van der Waals surface area (Å²) in [6, 6.07) is 9.38. The Labute approximate surface area is 217 Å². The highest BCUT2D eigenvalue weighted by Crippen LogP contribution is 2.35. The SMILES string of the molecule is CCN=C1S/C(=C/c2cc(I)c(OCc3ccc(Cl)cc3Cl)c(I)c2)C(=O)N1CC. The van der Waals surface area contributed by atoms with E-state index < -0.39 is 0 Å². The summed E-state index contributed by atoms with van der Waals surface area (Å²) >= 11 is 18.1. The number of benzene rings is 2. The summed E-state index contributed by atoms with van der Waals surface area (Å²) in [5.74, 6) is 0.788. The molecule has 0 radical (unpaired) electrons. The number of amidine groups is 1. The summed E-state index contributed by atoms with van der Waals surface area (Å²) in [7, 11) is 0. The molecule has 9 heteroatoms. The van der Waals surface area contributed by atoms with E-state index in [1.54, 1.807) is 17.0 Å². The van der Waals surface area contributed by atoms with Crippen molar-refractivity contribution in [3.8, 4) is 5.75 Å². The summed E-state index contributed by atoms with van der Waals surface area (Å²) < 4.78 is 7.96. The van der Waals surface area contributed by atoms with Crippen molar-refractivity contribution in [2.75, 3.05) is 13.1 Å². The molecule has 0 spiro atoms. The number of amides is 1. The Hall–Kier alpha value is -0.490. The minimum Gasteiger partial charge on any atom is -0.487 e. The molecule has 0 N–H and O–H groups in total. The largest absolute Gasteiger partial charge is 0.487 e. The van der Waals surface area contributed by atoms with Crippen molar-refractivity contribution in [3.63, 3.8) is 0 Å². The molecule has 30 heavy (non-hydrogen) atoms. The molecule has 2 aromatic rings. The molecule has 0 unspecified atom stereocenters. The van der Waals surface area contributed by atoms with E-state index in [-0.39, 0.29) is 5.91 Å². The van der Waals surface area contributed by atoms with Gasteiger partial charge in [0.1, 0.15) is 12.4 Å². The van der Waals surface area contributed by atoms with E-state index in [0.29, 0.717) is 34.6 Å². The number of hydrogen-bond donors (Lipinski definition) is 0. The van der Waals surface area contributed by atoms with Crippen LogP contribution in [0.1, 0.15) is 25.0 Å². The minimum atomic E-state index is -0.00239. The standard InChI is InChI=1S/C21H18Cl2I2N2O2S/c1-3-26-21-27(4-2)20(28)18(30-21)9-12-7-16(24)19(17(25)8-12)29-11-13-5-6-14(22)10-15(13)23/h5-10H,3-4,11H2,1-2H3/b18-9+,26-21?. The van der Waals surface area contributed by atoms with Crippen LogP contribution >= 0.6 is 80.1 Å². The predicted molar refractivity (Wildman–Crippen MR) is 144 cm³/mol. The number of carbonyl (C=O) groups excluding carboxylic acids is 1. The van der Waals surface area contributed by atoms with Gasteiger partial charge in [0.05, 0.1) is 12.0 Å². The van der Waals surface area contributed by atoms with Gasteiger partial charge in [-0.05, 0) is 107 Å². The third-order valence-corrected chi connectivity index (χ3v) is 7.44. The number of rotatable bonds is 6. The van der Waals surface area contributed by atoms with E-state index in [1.807, 2.05) is 38.1 Å². The summed E-state index contributed by atoms with van der Waals surface area (Å²) in [6.07, 6.45) is 1.91. The molecule has 1 saturated heterocycles. The van der Waals surface area contributed by atoms with Gasteiger partial charge < -0.3 is 4.74 Å². The molecule has 1 aliphatic rings. The highest BCUT2D eigenvalue weighted by Gasteiger charge is 2.31. The molecule has 4 nitrogen and oxygen atoms in total. The molecular formula is C21H18Cl2I2N2O2S. The van der Waals surface area contributed by atoms with Crippen LogP contribution in [0.2, 0.25) is 10.0 Å². The highest BCUT2D eigenvalue weighted by molar-refractivity contribution is 14.1. The molecule has 1 amide bonds. The van der Waals surface area contributed by atoms with E-state index >= 15 is 0 Å². The second-order valence-corrected chi connectivity index (χ2v) is 10.4. The summed E-state index contributed by atoms with van der Waals surface area (Å²) in [5.41, 5.74) is 1.82. The molecule has 0 atom stereocenters. The summed E-state index contributed by atoms with van der Waals surface area (Å²) in [5, 5.41) is 1.94. The van der Waals surface area contributed by atoms with Crippen molar-refractivity contribution in [3.05, 3.63) is 63.5 Å². The first-order valence-electron chi connectivity index (χ1n) is 9.15. The zero-order chi connectivity index (χ0) is 21.8. The molecule has 0 aliphatic carbocycles. The molecule has 1 fully saturated rings. The van der Waals surface area contributed by atoms with Crippen molar-refractivity contribution in [2.45, 2.75) is 20.5 Å². The van der Waals surface area contributed by atoms with Gasteiger partial charge in [0.2, 0.25) is 0 Å². The Bertz CT molecular complexity index is 1020. The number of halogens is 4. The second-order valence-electron chi connectivity index (χ2n) is 6.26. The van der Waals surface area contributed by atoms with Gasteiger partial charge in [0.15, 0.2) is 5.17 Å². The third-order valence-electron chi connectivity index (χ3n) is 4.20. The number of carbonyl (C=O) groups is 1. The lowest BCUT2D eigenvalue weighted by Gasteiger charge is -2.13. The Morgan fingerprint density at radius 3 is 2.47 bits per heavy atom. The lowest BCUT2D eigenvalue weighted by atomic mass is 10.2. The molecule has 158 valence electrons. The van der Waals surface area contributed by atoms with E-state index in [9.17, 15) is 4.79 Å². The summed E-state index contributed by atoms with van der Waals surface area (Å²) in [6.45, 7) is 5.53. The van der Waals surface area contributed by atoms with Crippen molar-refractivity contribution < 1.29 is 9.53 Å². The van der Waals surface area contributed by atoms with Gasteiger partial charge in [-0.15, -0.1) is 0 Å². The second kappa shape index (κ2) is 10.9. The van der Waals surface area contributed by atoms with Crippen LogP contribution in [-0.2, 0) is 11.4 Å². The van der Waals surface area contributed by atoms with Crippen LogP contribution in [0.3, 0.4) is 0 Å². The molecule has 3 rings (SSSR count). The van der Waals surface area contributed by atoms with Crippen LogP contribution in [0.15, 0.2) is 40.2 Å². The van der Waals surface area contributed by atoms with Gasteiger partial charge in [0.25, 0.3) is 5.91 Å². The number of likely N-dealkylation sites (N-methyl/N-ethyl adjacent to an activating group) is 1. The molecule has 0 aromatic heterocycles. The maximum atomic E-state index is 12.7. The summed E-state index contributed by atoms with van der Waals surface area (Å²) in [4.78, 5) is 19.5. The highest BCUT2D eigenvalue weighted by atomic mass is 127. The van der Waals surface area contributed by atoms with E-state index in [2.05, 4.69) is 50.2 Å². The third kappa shape index (κ3) is 5.65. The number of thioether (sulfide) groups is 1. The van der Waals surface area contributed by atoms with Crippen LogP contribution in [0.4, 0.5) is 0 Å². The quantitative estimate of drug-likeness (QED) is 0.241. The number of hydrogen-bond acceptors (Lipinski definition) is 4. The molecule has 0 saturated carbocycles. The Balaban J connectivity index is 1.81. The average Bonchev–Trinajstić information content (AvgIpc) is 2.97. The smallest absolute Gasteiger partial charge is 0.266 e. The maximum absolute atomic E-state index is 12.7. The molecular weight excluding hydrogens is 669 g/mol. The van der Waals surface area contributed by atoms with Crippen molar-refractivity contribution in [2.24, 2.45) is 4.99 Å². The molecule has 2 aromatic carbocycles. The van der Waals surface area contributed by atoms with E-state index in [1.165, 1.54) is 11.8 Å². The fourth-order valence-electron chi connectivity index (χ4n) is 2.78. The Morgan fingerprint density at radius 2 is 1.87 bits per heavy atom. The lowest BCUT2D eigenvalue weighted by molar-refractivity contribution is -0.122. The molecule has 1 heterocycles. The van der Waals surface area contributed by atoms with Crippen molar-refractivity contribution >= 4 is 97.3 Å². The van der Waals surface area contributed by atoms with Gasteiger partial charge in [-0.1, -0.05) is 29.3 Å². The lowest BCUT2D eigenvalue weighted by Crippen LogP contribution is -2.28. The van der Waals surface area contributed by atoms with Crippen LogP contribution in [0.5, 0.6) is 5.75 Å². The fraction of sp³-hybridized carbons (Fsp3) is 0.238. The van der Waals surface area contributed by atoms with Crippen LogP contribution in [-0.4, -0.2) is 29.1 Å². The topological polar surface area (TPSA) is 41.9 Å². The minimum absolute atomic E-state index is 0.00239. The zero-order valence-electron chi connectivity index (χ0n) is 16.2. The first kappa shape index (κ1) is 24.2. The molecule has 0 bridgehead atoms. The monoisotopic (exact) mass is 686 g/mol. The molecule has 1 aliphatic heterocycles. The zero-order valence-corrected chi connectivity index (χ0v) is 22.9. The van der Waals surface area contributed by atoms with Crippen molar-refractivity contribution in [1.82, 2.24) is 4.90 Å². The first-order valence-corrected chi connectivity index (χ1v) is 12.9. The fourth-order valence-corrected chi connectivity index (χ4v) is 6.48. The van der Waals surface area contributed by atoms with Gasteiger partial charge in [-0.25, -0.2) is 0 Å². The maximum Gasteiger partial charge on any atom is 0.266 e. The van der Waals surface area contributed by atoms with Crippen LogP contribution in [0, 0.1) is 7.14 Å². The number of nitrogens with zero attached hydrogens (tertiary/aromatic N) is 2. The predicted octanol–water partition coefficient (Wildman–Crippen LogP) is 7.09. The first-order chi connectivity index (χ1) is 14.3. The van der Waals surface area contributed by atoms with Gasteiger partial charge in [-0.3, -0.25) is 14.7 Å². The van der Waals surface area contributed by atoms with Crippen LogP contribution < -0.4 is 4.74 Å². The normalized spacial score (nSPS) is 16.7.